The summed E-state index contributed by atoms with van der Waals surface area (Å²) in [5, 5.41) is 11.5. The van der Waals surface area contributed by atoms with Crippen LogP contribution >= 0.6 is 0 Å². The van der Waals surface area contributed by atoms with E-state index < -0.39 is 23.7 Å². The van der Waals surface area contributed by atoms with Gasteiger partial charge in [0.25, 0.3) is 11.7 Å². The van der Waals surface area contributed by atoms with E-state index in [9.17, 15) is 19.5 Å². The van der Waals surface area contributed by atoms with Crippen LogP contribution in [-0.2, 0) is 19.1 Å². The van der Waals surface area contributed by atoms with Gasteiger partial charge in [-0.3, -0.25) is 14.5 Å². The highest BCUT2D eigenvalue weighted by Gasteiger charge is 2.46. The van der Waals surface area contributed by atoms with Crippen LogP contribution in [0.15, 0.2) is 29.8 Å². The minimum atomic E-state index is -0.786. The number of nitrogens with zero attached hydrogens (tertiary/aromatic N) is 2. The molecule has 2 aliphatic heterocycles. The monoisotopic (exact) mass is 511 g/mol. The summed E-state index contributed by atoms with van der Waals surface area (Å²) in [6.07, 6.45) is 0.661. The van der Waals surface area contributed by atoms with Crippen molar-refractivity contribution in [3.05, 3.63) is 57.9 Å². The predicted octanol–water partition coefficient (Wildman–Crippen LogP) is 2.57. The second kappa shape index (κ2) is 11.2. The summed E-state index contributed by atoms with van der Waals surface area (Å²) in [6, 6.07) is 6.30. The van der Waals surface area contributed by atoms with Gasteiger partial charge in [0.1, 0.15) is 17.2 Å². The number of hydrogen-bond acceptors (Lipinski definition) is 8. The molecule has 4 rings (SSSR count). The largest absolute Gasteiger partial charge is 0.507 e. The van der Waals surface area contributed by atoms with Gasteiger partial charge in [0.05, 0.1) is 39.0 Å². The van der Waals surface area contributed by atoms with E-state index in [1.807, 2.05) is 0 Å². The zero-order valence-corrected chi connectivity index (χ0v) is 21.6. The zero-order chi connectivity index (χ0) is 26.7. The predicted molar refractivity (Wildman–Crippen MR) is 135 cm³/mol. The number of hydrogen-bond donors (Lipinski definition) is 2. The Morgan fingerprint density at radius 3 is 2.41 bits per heavy atom. The van der Waals surface area contributed by atoms with Crippen LogP contribution < -0.4 is 4.74 Å². The first kappa shape index (κ1) is 26.4. The number of aryl methyl sites for hydroxylation is 1. The minimum absolute atomic E-state index is 0.0110. The minimum Gasteiger partial charge on any atom is -0.507 e. The molecule has 0 bridgehead atoms. The van der Waals surface area contributed by atoms with Crippen molar-refractivity contribution < 1.29 is 33.7 Å². The Hall–Kier alpha value is -3.63. The number of likely N-dealkylation sites (tertiary alicyclic amines) is 1. The van der Waals surface area contributed by atoms with Gasteiger partial charge in [0, 0.05) is 37.4 Å². The van der Waals surface area contributed by atoms with Crippen LogP contribution in [0, 0.1) is 13.8 Å². The molecule has 37 heavy (non-hydrogen) atoms. The lowest BCUT2D eigenvalue weighted by molar-refractivity contribution is -0.140. The SMILES string of the molecule is COC(=O)c1[nH]c(C)c(/C(O)=C2\C(=O)C(=O)N(CCCN3CCOCC3)C2c2ccc(OC)cc2)c1C. The molecule has 1 aromatic carbocycles. The highest BCUT2D eigenvalue weighted by Crippen LogP contribution is 2.41. The van der Waals surface area contributed by atoms with Crippen LogP contribution in [-0.4, -0.2) is 91.2 Å². The molecule has 0 radical (unpaired) electrons. The van der Waals surface area contributed by atoms with Crippen molar-refractivity contribution in [1.82, 2.24) is 14.8 Å². The van der Waals surface area contributed by atoms with E-state index in [1.165, 1.54) is 12.0 Å². The lowest BCUT2D eigenvalue weighted by Gasteiger charge is -2.29. The topological polar surface area (TPSA) is 121 Å². The molecule has 2 aromatic rings. The molecule has 3 heterocycles. The Balaban J connectivity index is 1.74. The number of esters is 1. The number of carbonyl (C=O) groups is 3. The Bertz CT molecular complexity index is 1210. The number of aromatic nitrogens is 1. The second-order valence-electron chi connectivity index (χ2n) is 9.19. The molecule has 0 spiro atoms. The molecule has 198 valence electrons. The smallest absolute Gasteiger partial charge is 0.354 e. The maximum absolute atomic E-state index is 13.4. The van der Waals surface area contributed by atoms with Crippen LogP contribution in [0.4, 0.5) is 0 Å². The summed E-state index contributed by atoms with van der Waals surface area (Å²) < 4.78 is 15.5. The molecule has 1 atom stereocenters. The van der Waals surface area contributed by atoms with Crippen LogP contribution in [0.25, 0.3) is 5.76 Å². The fraction of sp³-hybridized carbons (Fsp3) is 0.444. The Kier molecular flexibility index (Phi) is 7.99. The molecule has 10 nitrogen and oxygen atoms in total. The van der Waals surface area contributed by atoms with Gasteiger partial charge in [-0.15, -0.1) is 0 Å². The maximum Gasteiger partial charge on any atom is 0.354 e. The second-order valence-corrected chi connectivity index (χ2v) is 9.19. The van der Waals surface area contributed by atoms with Crippen molar-refractivity contribution >= 4 is 23.4 Å². The van der Waals surface area contributed by atoms with Gasteiger partial charge >= 0.3 is 5.97 Å². The van der Waals surface area contributed by atoms with E-state index in [1.54, 1.807) is 45.2 Å². The van der Waals surface area contributed by atoms with E-state index in [0.717, 1.165) is 19.6 Å². The molecule has 0 aliphatic carbocycles. The first-order chi connectivity index (χ1) is 17.8. The summed E-state index contributed by atoms with van der Waals surface area (Å²) in [6.45, 7) is 7.47. The number of amides is 1. The number of rotatable bonds is 8. The van der Waals surface area contributed by atoms with E-state index in [0.29, 0.717) is 54.3 Å². The quantitative estimate of drug-likeness (QED) is 0.240. The van der Waals surface area contributed by atoms with Crippen molar-refractivity contribution in [2.45, 2.75) is 26.3 Å². The van der Waals surface area contributed by atoms with Crippen molar-refractivity contribution in [2.75, 3.05) is 53.6 Å². The molecule has 1 aromatic heterocycles. The number of H-pyrrole nitrogens is 1. The summed E-state index contributed by atoms with van der Waals surface area (Å²) in [4.78, 5) is 45.5. The standard InChI is InChI=1S/C27H33N3O7/c1-16-20(17(2)28-22(16)27(34)36-4)24(31)21-23(18-6-8-19(35-3)9-7-18)30(26(33)25(21)32)11-5-10-29-12-14-37-15-13-29/h6-9,23,28,31H,5,10-15H2,1-4H3/b24-21+. The number of aromatic amines is 1. The fourth-order valence-corrected chi connectivity index (χ4v) is 5.08. The average molecular weight is 512 g/mol. The zero-order valence-electron chi connectivity index (χ0n) is 21.6. The van der Waals surface area contributed by atoms with Crippen molar-refractivity contribution in [3.63, 3.8) is 0 Å². The number of aliphatic hydroxyl groups excluding tert-OH is 1. The molecule has 0 saturated carbocycles. The molecular formula is C27H33N3O7. The third-order valence-corrected chi connectivity index (χ3v) is 7.01. The van der Waals surface area contributed by atoms with Gasteiger partial charge in [-0.1, -0.05) is 12.1 Å². The number of ether oxygens (including phenoxy) is 3. The van der Waals surface area contributed by atoms with Gasteiger partial charge in [-0.05, 0) is 43.5 Å². The van der Waals surface area contributed by atoms with E-state index in [2.05, 4.69) is 9.88 Å². The number of carbonyl (C=O) groups excluding carboxylic acids is 3. The lowest BCUT2D eigenvalue weighted by Crippen LogP contribution is -2.38. The third kappa shape index (κ3) is 5.12. The van der Waals surface area contributed by atoms with Gasteiger partial charge in [0.15, 0.2) is 0 Å². The van der Waals surface area contributed by atoms with Crippen LogP contribution in [0.3, 0.4) is 0 Å². The summed E-state index contributed by atoms with van der Waals surface area (Å²) >= 11 is 0. The van der Waals surface area contributed by atoms with Crippen molar-refractivity contribution in [3.8, 4) is 5.75 Å². The normalized spacial score (nSPS) is 19.9. The number of aliphatic hydroxyl groups is 1. The summed E-state index contributed by atoms with van der Waals surface area (Å²) in [5.74, 6) is -1.70. The van der Waals surface area contributed by atoms with E-state index in [4.69, 9.17) is 14.2 Å². The highest BCUT2D eigenvalue weighted by molar-refractivity contribution is 6.46. The van der Waals surface area contributed by atoms with Crippen molar-refractivity contribution in [1.29, 1.82) is 0 Å². The third-order valence-electron chi connectivity index (χ3n) is 7.01. The number of nitrogens with one attached hydrogen (secondary N) is 1. The molecule has 2 N–H and O–H groups in total. The Morgan fingerprint density at radius 1 is 1.11 bits per heavy atom. The first-order valence-electron chi connectivity index (χ1n) is 12.3. The molecule has 10 heteroatoms. The molecule has 2 saturated heterocycles. The molecule has 1 unspecified atom stereocenters. The van der Waals surface area contributed by atoms with Crippen LogP contribution in [0.2, 0.25) is 0 Å². The average Bonchev–Trinajstić information content (AvgIpc) is 3.35. The fourth-order valence-electron chi connectivity index (χ4n) is 5.08. The number of Topliss-reactive ketones (excluding diaryl/α,β-unsaturated/α-hetero) is 1. The molecule has 2 aliphatic rings. The molecule has 2 fully saturated rings. The number of benzene rings is 1. The van der Waals surface area contributed by atoms with Crippen LogP contribution in [0.1, 0.15) is 45.3 Å². The van der Waals surface area contributed by atoms with Crippen molar-refractivity contribution in [2.24, 2.45) is 0 Å². The maximum atomic E-state index is 13.4. The van der Waals surface area contributed by atoms with Gasteiger partial charge in [0.2, 0.25) is 0 Å². The van der Waals surface area contributed by atoms with Gasteiger partial charge in [-0.2, -0.15) is 0 Å². The summed E-state index contributed by atoms with van der Waals surface area (Å²) in [7, 11) is 2.83. The number of morpholine rings is 1. The first-order valence-corrected chi connectivity index (χ1v) is 12.3. The number of ketones is 1. The van der Waals surface area contributed by atoms with Crippen LogP contribution in [0.5, 0.6) is 5.75 Å². The van der Waals surface area contributed by atoms with Gasteiger partial charge < -0.3 is 29.2 Å². The highest BCUT2D eigenvalue weighted by atomic mass is 16.5. The van der Waals surface area contributed by atoms with Gasteiger partial charge in [-0.25, -0.2) is 4.79 Å². The Morgan fingerprint density at radius 2 is 1.78 bits per heavy atom. The number of methoxy groups -OCH3 is 2. The lowest BCUT2D eigenvalue weighted by atomic mass is 9.94. The Labute approximate surface area is 215 Å². The van der Waals surface area contributed by atoms with E-state index in [-0.39, 0.29) is 17.0 Å². The molecular weight excluding hydrogens is 478 g/mol. The molecule has 1 amide bonds. The van der Waals surface area contributed by atoms with E-state index >= 15 is 0 Å². The summed E-state index contributed by atoms with van der Waals surface area (Å²) in [5.41, 5.74) is 2.08.